The number of nitrogens with one attached hydrogen (secondary N) is 1. The zero-order valence-electron chi connectivity index (χ0n) is 10.7. The second-order valence-corrected chi connectivity index (χ2v) is 4.19. The Morgan fingerprint density at radius 3 is 2.67 bits per heavy atom. The van der Waals surface area contributed by atoms with Crippen LogP contribution in [-0.2, 0) is 16.1 Å². The maximum atomic E-state index is 11.3. The molecule has 0 bridgehead atoms. The second-order valence-electron chi connectivity index (χ2n) is 3.81. The lowest BCUT2D eigenvalue weighted by molar-refractivity contribution is -0.143. The molecule has 0 saturated heterocycles. The summed E-state index contributed by atoms with van der Waals surface area (Å²) in [5, 5.41) is 3.63. The zero-order chi connectivity index (χ0) is 13.4. The van der Waals surface area contributed by atoms with E-state index in [0.29, 0.717) is 18.3 Å². The third kappa shape index (κ3) is 5.14. The van der Waals surface area contributed by atoms with Crippen molar-refractivity contribution >= 4 is 23.3 Å². The van der Waals surface area contributed by atoms with E-state index in [1.54, 1.807) is 18.9 Å². The molecular formula is C13H18N2O2S. The molecule has 0 amide bonds. The van der Waals surface area contributed by atoms with Gasteiger partial charge in [-0.05, 0) is 24.7 Å². The molecule has 0 aliphatic rings. The van der Waals surface area contributed by atoms with Crippen molar-refractivity contribution in [2.24, 2.45) is 0 Å². The molecule has 0 radical (unpaired) electrons. The Bertz CT molecular complexity index is 395. The minimum absolute atomic E-state index is 0.161. The Kier molecular flexibility index (Phi) is 6.14. The molecule has 0 saturated carbocycles. The number of nitrogens with zero attached hydrogens (tertiary/aromatic N) is 1. The molecule has 0 aromatic heterocycles. The topological polar surface area (TPSA) is 41.6 Å². The molecule has 0 aliphatic carbocycles. The molecule has 0 atom stereocenters. The maximum absolute atomic E-state index is 11.3. The number of hydrogen-bond donors (Lipinski definition) is 1. The first kappa shape index (κ1) is 14.4. The largest absolute Gasteiger partial charge is 0.465 e. The Morgan fingerprint density at radius 2 is 2.06 bits per heavy atom. The molecule has 0 spiro atoms. The number of thiocarbonyl (C=S) groups is 1. The second kappa shape index (κ2) is 7.66. The summed E-state index contributed by atoms with van der Waals surface area (Å²) >= 11 is 5.19. The van der Waals surface area contributed by atoms with Crippen LogP contribution in [0.2, 0.25) is 0 Å². The third-order valence-electron chi connectivity index (χ3n) is 2.30. The van der Waals surface area contributed by atoms with Gasteiger partial charge in [-0.1, -0.05) is 30.3 Å². The molecule has 1 rings (SSSR count). The van der Waals surface area contributed by atoms with Crippen molar-refractivity contribution in [3.05, 3.63) is 35.9 Å². The summed E-state index contributed by atoms with van der Waals surface area (Å²) < 4.78 is 4.86. The van der Waals surface area contributed by atoms with Crippen LogP contribution in [0.1, 0.15) is 12.5 Å². The third-order valence-corrected chi connectivity index (χ3v) is 2.76. The van der Waals surface area contributed by atoms with Crippen LogP contribution in [0.3, 0.4) is 0 Å². The van der Waals surface area contributed by atoms with Crippen molar-refractivity contribution in [1.29, 1.82) is 0 Å². The molecule has 1 aromatic rings. The van der Waals surface area contributed by atoms with Crippen LogP contribution in [0.5, 0.6) is 0 Å². The standard InChI is InChI=1S/C13H18N2O2S/c1-3-17-12(16)10-15(2)13(18)14-9-11-7-5-4-6-8-11/h4-8H,3,9-10H2,1-2H3,(H,14,18). The maximum Gasteiger partial charge on any atom is 0.325 e. The smallest absolute Gasteiger partial charge is 0.325 e. The Balaban J connectivity index is 2.34. The highest BCUT2D eigenvalue weighted by atomic mass is 32.1. The summed E-state index contributed by atoms with van der Waals surface area (Å²) in [6.45, 7) is 2.97. The lowest BCUT2D eigenvalue weighted by Gasteiger charge is -2.19. The van der Waals surface area contributed by atoms with E-state index in [0.717, 1.165) is 5.56 Å². The molecule has 0 fully saturated rings. The molecular weight excluding hydrogens is 248 g/mol. The zero-order valence-corrected chi connectivity index (χ0v) is 11.5. The van der Waals surface area contributed by atoms with E-state index < -0.39 is 0 Å². The number of carbonyl (C=O) groups excluding carboxylic acids is 1. The molecule has 1 aromatic carbocycles. The van der Waals surface area contributed by atoms with Crippen molar-refractivity contribution in [3.8, 4) is 0 Å². The highest BCUT2D eigenvalue weighted by Gasteiger charge is 2.09. The predicted octanol–water partition coefficient (Wildman–Crippen LogP) is 1.56. The number of benzene rings is 1. The van der Waals surface area contributed by atoms with Crippen LogP contribution in [0.15, 0.2) is 30.3 Å². The summed E-state index contributed by atoms with van der Waals surface area (Å²) in [7, 11) is 1.76. The SMILES string of the molecule is CCOC(=O)CN(C)C(=S)NCc1ccccc1. The highest BCUT2D eigenvalue weighted by molar-refractivity contribution is 7.80. The van der Waals surface area contributed by atoms with E-state index >= 15 is 0 Å². The van der Waals surface area contributed by atoms with Crippen molar-refractivity contribution in [2.75, 3.05) is 20.2 Å². The lowest BCUT2D eigenvalue weighted by atomic mass is 10.2. The highest BCUT2D eigenvalue weighted by Crippen LogP contribution is 1.98. The van der Waals surface area contributed by atoms with Crippen LogP contribution in [-0.4, -0.2) is 36.2 Å². The van der Waals surface area contributed by atoms with E-state index in [2.05, 4.69) is 5.32 Å². The first-order valence-corrected chi connectivity index (χ1v) is 6.22. The van der Waals surface area contributed by atoms with Gasteiger partial charge in [0.15, 0.2) is 5.11 Å². The van der Waals surface area contributed by atoms with Crippen molar-refractivity contribution < 1.29 is 9.53 Å². The predicted molar refractivity (Wildman–Crippen MR) is 75.1 cm³/mol. The van der Waals surface area contributed by atoms with Crippen LogP contribution in [0, 0.1) is 0 Å². The van der Waals surface area contributed by atoms with Crippen LogP contribution < -0.4 is 5.32 Å². The van der Waals surface area contributed by atoms with Crippen LogP contribution in [0.4, 0.5) is 0 Å². The van der Waals surface area contributed by atoms with Crippen molar-refractivity contribution in [2.45, 2.75) is 13.5 Å². The van der Waals surface area contributed by atoms with Gasteiger partial charge >= 0.3 is 5.97 Å². The Hall–Kier alpha value is -1.62. The number of esters is 1. The molecule has 1 N–H and O–H groups in total. The van der Waals surface area contributed by atoms with Crippen LogP contribution >= 0.6 is 12.2 Å². The van der Waals surface area contributed by atoms with E-state index in [1.165, 1.54) is 0 Å². The molecule has 0 aliphatic heterocycles. The number of carbonyl (C=O) groups is 1. The molecule has 4 nitrogen and oxygen atoms in total. The summed E-state index contributed by atoms with van der Waals surface area (Å²) in [5.41, 5.74) is 1.14. The average Bonchev–Trinajstić information content (AvgIpc) is 2.37. The van der Waals surface area contributed by atoms with Gasteiger partial charge in [0.25, 0.3) is 0 Å². The number of ether oxygens (including phenoxy) is 1. The van der Waals surface area contributed by atoms with E-state index in [9.17, 15) is 4.79 Å². The Labute approximate surface area is 113 Å². The number of rotatable bonds is 5. The van der Waals surface area contributed by atoms with Gasteiger partial charge in [0.1, 0.15) is 6.54 Å². The fourth-order valence-corrected chi connectivity index (χ4v) is 1.52. The van der Waals surface area contributed by atoms with Gasteiger partial charge in [-0.3, -0.25) is 4.79 Å². The quantitative estimate of drug-likeness (QED) is 0.647. The minimum atomic E-state index is -0.274. The number of likely N-dealkylation sites (N-methyl/N-ethyl adjacent to an activating group) is 1. The summed E-state index contributed by atoms with van der Waals surface area (Å²) in [6, 6.07) is 9.95. The van der Waals surface area contributed by atoms with Gasteiger partial charge in [-0.25, -0.2) is 0 Å². The molecule has 98 valence electrons. The molecule has 5 heteroatoms. The monoisotopic (exact) mass is 266 g/mol. The summed E-state index contributed by atoms with van der Waals surface area (Å²) in [4.78, 5) is 12.9. The number of hydrogen-bond acceptors (Lipinski definition) is 3. The average molecular weight is 266 g/mol. The summed E-state index contributed by atoms with van der Waals surface area (Å²) in [6.07, 6.45) is 0. The van der Waals surface area contributed by atoms with E-state index in [-0.39, 0.29) is 12.5 Å². The van der Waals surface area contributed by atoms with E-state index in [4.69, 9.17) is 17.0 Å². The van der Waals surface area contributed by atoms with Gasteiger partial charge in [-0.15, -0.1) is 0 Å². The minimum Gasteiger partial charge on any atom is -0.465 e. The van der Waals surface area contributed by atoms with Gasteiger partial charge in [0.05, 0.1) is 6.61 Å². The fourth-order valence-electron chi connectivity index (χ4n) is 1.38. The van der Waals surface area contributed by atoms with Gasteiger partial charge in [0, 0.05) is 13.6 Å². The Morgan fingerprint density at radius 1 is 1.39 bits per heavy atom. The molecule has 18 heavy (non-hydrogen) atoms. The fraction of sp³-hybridized carbons (Fsp3) is 0.385. The lowest BCUT2D eigenvalue weighted by Crippen LogP contribution is -2.40. The van der Waals surface area contributed by atoms with Crippen LogP contribution in [0.25, 0.3) is 0 Å². The summed E-state index contributed by atoms with van der Waals surface area (Å²) in [5.74, 6) is -0.274. The van der Waals surface area contributed by atoms with Gasteiger partial charge in [-0.2, -0.15) is 0 Å². The van der Waals surface area contributed by atoms with E-state index in [1.807, 2.05) is 30.3 Å². The molecule has 0 heterocycles. The first-order valence-electron chi connectivity index (χ1n) is 5.82. The molecule has 0 unspecified atom stereocenters. The first-order chi connectivity index (χ1) is 8.63. The van der Waals surface area contributed by atoms with Crippen molar-refractivity contribution in [3.63, 3.8) is 0 Å². The van der Waals surface area contributed by atoms with Gasteiger partial charge in [0.2, 0.25) is 0 Å². The normalized spacial score (nSPS) is 9.67. The van der Waals surface area contributed by atoms with Crippen molar-refractivity contribution in [1.82, 2.24) is 10.2 Å². The van der Waals surface area contributed by atoms with Gasteiger partial charge < -0.3 is 15.0 Å².